The van der Waals surface area contributed by atoms with E-state index >= 15 is 0 Å². The summed E-state index contributed by atoms with van der Waals surface area (Å²) >= 11 is 0. The number of phenolic OH excluding ortho intramolecular Hbond substituents is 1. The van der Waals surface area contributed by atoms with Gasteiger partial charge in [0.15, 0.2) is 29.1 Å². The molecule has 0 unspecified atom stereocenters. The molecule has 0 spiro atoms. The number of aromatic hydroxyl groups is 1. The molecule has 0 saturated heterocycles. The number of hydrogen-bond donors (Lipinski definition) is 4. The number of aliphatic hydroxyl groups is 3. The minimum Gasteiger partial charge on any atom is -0.502 e. The van der Waals surface area contributed by atoms with Crippen LogP contribution in [-0.2, 0) is 0 Å². The van der Waals surface area contributed by atoms with E-state index in [0.29, 0.717) is 17.1 Å². The molecule has 8 nitrogen and oxygen atoms in total. The highest BCUT2D eigenvalue weighted by molar-refractivity contribution is 5.56. The topological polar surface area (TPSA) is 118 Å². The first-order valence-electron chi connectivity index (χ1n) is 8.84. The van der Waals surface area contributed by atoms with E-state index in [1.165, 1.54) is 33.5 Å². The van der Waals surface area contributed by atoms with Crippen molar-refractivity contribution in [2.24, 2.45) is 0 Å². The smallest absolute Gasteiger partial charge is 0.200 e. The van der Waals surface area contributed by atoms with Crippen LogP contribution in [0.15, 0.2) is 36.4 Å². The SMILES string of the molecule is COc1cc(/C=C/CO)ccc1O[C@@H](CO)[C@@H](O)c1cc(OC)c(O)c(OC)c1. The third kappa shape index (κ3) is 5.32. The molecule has 158 valence electrons. The second-order valence-corrected chi connectivity index (χ2v) is 6.05. The predicted octanol–water partition coefficient (Wildman–Crippen LogP) is 1.90. The summed E-state index contributed by atoms with van der Waals surface area (Å²) < 4.78 is 21.3. The zero-order chi connectivity index (χ0) is 21.4. The minimum atomic E-state index is -1.25. The fourth-order valence-electron chi connectivity index (χ4n) is 2.74. The molecule has 0 aliphatic carbocycles. The molecule has 0 aliphatic heterocycles. The maximum Gasteiger partial charge on any atom is 0.200 e. The maximum atomic E-state index is 10.7. The molecule has 0 aliphatic rings. The summed E-state index contributed by atoms with van der Waals surface area (Å²) in [4.78, 5) is 0. The van der Waals surface area contributed by atoms with Gasteiger partial charge in [-0.2, -0.15) is 0 Å². The summed E-state index contributed by atoms with van der Waals surface area (Å²) in [6.45, 7) is -0.569. The molecule has 8 heteroatoms. The van der Waals surface area contributed by atoms with E-state index in [0.717, 1.165) is 5.56 Å². The molecule has 0 amide bonds. The second kappa shape index (κ2) is 10.6. The Hall–Kier alpha value is -2.94. The number of rotatable bonds is 10. The number of phenols is 1. The van der Waals surface area contributed by atoms with E-state index in [1.54, 1.807) is 30.4 Å². The van der Waals surface area contributed by atoms with Crippen LogP contribution in [0.25, 0.3) is 6.08 Å². The van der Waals surface area contributed by atoms with Crippen LogP contribution in [0.5, 0.6) is 28.7 Å². The molecule has 2 aromatic carbocycles. The van der Waals surface area contributed by atoms with E-state index in [2.05, 4.69) is 0 Å². The fourth-order valence-corrected chi connectivity index (χ4v) is 2.74. The van der Waals surface area contributed by atoms with Crippen molar-refractivity contribution in [1.82, 2.24) is 0 Å². The zero-order valence-electron chi connectivity index (χ0n) is 16.5. The van der Waals surface area contributed by atoms with Crippen LogP contribution in [0.1, 0.15) is 17.2 Å². The van der Waals surface area contributed by atoms with Crippen molar-refractivity contribution in [3.63, 3.8) is 0 Å². The first-order valence-corrected chi connectivity index (χ1v) is 8.84. The van der Waals surface area contributed by atoms with Gasteiger partial charge in [-0.1, -0.05) is 18.2 Å². The van der Waals surface area contributed by atoms with Crippen LogP contribution in [0.2, 0.25) is 0 Å². The summed E-state index contributed by atoms with van der Waals surface area (Å²) in [6, 6.07) is 7.97. The molecule has 2 aromatic rings. The van der Waals surface area contributed by atoms with Crippen LogP contribution in [0.3, 0.4) is 0 Å². The van der Waals surface area contributed by atoms with E-state index in [9.17, 15) is 15.3 Å². The normalized spacial score (nSPS) is 13.2. The van der Waals surface area contributed by atoms with Gasteiger partial charge < -0.3 is 39.4 Å². The van der Waals surface area contributed by atoms with E-state index in [4.69, 9.17) is 24.1 Å². The van der Waals surface area contributed by atoms with Gasteiger partial charge >= 0.3 is 0 Å². The van der Waals surface area contributed by atoms with Gasteiger partial charge in [0.25, 0.3) is 0 Å². The molecule has 29 heavy (non-hydrogen) atoms. The lowest BCUT2D eigenvalue weighted by Gasteiger charge is -2.24. The molecule has 0 radical (unpaired) electrons. The maximum absolute atomic E-state index is 10.7. The second-order valence-electron chi connectivity index (χ2n) is 6.05. The summed E-state index contributed by atoms with van der Waals surface area (Å²) in [5.41, 5.74) is 1.12. The van der Waals surface area contributed by atoms with Gasteiger partial charge in [0, 0.05) is 0 Å². The fraction of sp³-hybridized carbons (Fsp3) is 0.333. The highest BCUT2D eigenvalue weighted by Crippen LogP contribution is 2.40. The molecule has 0 heterocycles. The molecular weight excluding hydrogens is 380 g/mol. The van der Waals surface area contributed by atoms with E-state index in [-0.39, 0.29) is 23.9 Å². The van der Waals surface area contributed by atoms with Gasteiger partial charge in [-0.15, -0.1) is 0 Å². The lowest BCUT2D eigenvalue weighted by atomic mass is 10.0. The van der Waals surface area contributed by atoms with Crippen LogP contribution in [0, 0.1) is 0 Å². The summed E-state index contributed by atoms with van der Waals surface area (Å²) in [5.74, 6) is 0.766. The van der Waals surface area contributed by atoms with Crippen LogP contribution in [-0.4, -0.2) is 61.1 Å². The Morgan fingerprint density at radius 3 is 2.03 bits per heavy atom. The molecule has 0 fully saturated rings. The highest BCUT2D eigenvalue weighted by Gasteiger charge is 2.26. The molecule has 0 saturated carbocycles. The largest absolute Gasteiger partial charge is 0.502 e. The standard InChI is InChI=1S/C21H26O8/c1-26-16-9-13(5-4-8-22)6-7-15(16)29-19(12-23)20(24)14-10-17(27-2)21(25)18(11-14)28-3/h4-7,9-11,19-20,22-25H,8,12H2,1-3H3/b5-4+/t19-,20-/m0/s1. The number of ether oxygens (including phenoxy) is 4. The van der Waals surface area contributed by atoms with Crippen molar-refractivity contribution in [2.45, 2.75) is 12.2 Å². The first kappa shape index (κ1) is 22.4. The highest BCUT2D eigenvalue weighted by atomic mass is 16.5. The van der Waals surface area contributed by atoms with Crippen molar-refractivity contribution in [3.8, 4) is 28.7 Å². The summed E-state index contributed by atoms with van der Waals surface area (Å²) in [6.07, 6.45) is 1.03. The lowest BCUT2D eigenvalue weighted by molar-refractivity contribution is -0.000613. The van der Waals surface area contributed by atoms with Crippen LogP contribution >= 0.6 is 0 Å². The van der Waals surface area contributed by atoms with Crippen molar-refractivity contribution in [1.29, 1.82) is 0 Å². The van der Waals surface area contributed by atoms with Crippen molar-refractivity contribution < 1.29 is 39.4 Å². The third-order valence-corrected chi connectivity index (χ3v) is 4.26. The Balaban J connectivity index is 2.31. The number of methoxy groups -OCH3 is 3. The molecule has 2 rings (SSSR count). The quantitative estimate of drug-likeness (QED) is 0.473. The molecule has 0 aromatic heterocycles. The Morgan fingerprint density at radius 2 is 1.52 bits per heavy atom. The van der Waals surface area contributed by atoms with Crippen molar-refractivity contribution >= 4 is 6.08 Å². The van der Waals surface area contributed by atoms with Gasteiger partial charge in [0.2, 0.25) is 5.75 Å². The van der Waals surface area contributed by atoms with Crippen molar-refractivity contribution in [2.75, 3.05) is 34.5 Å². The van der Waals surface area contributed by atoms with Gasteiger partial charge in [0.05, 0.1) is 34.5 Å². The lowest BCUT2D eigenvalue weighted by Crippen LogP contribution is -2.29. The molecule has 0 bridgehead atoms. The average Bonchev–Trinajstić information content (AvgIpc) is 2.75. The van der Waals surface area contributed by atoms with Crippen LogP contribution in [0.4, 0.5) is 0 Å². The predicted molar refractivity (Wildman–Crippen MR) is 107 cm³/mol. The number of hydrogen-bond acceptors (Lipinski definition) is 8. The molecule has 2 atom stereocenters. The zero-order valence-corrected chi connectivity index (χ0v) is 16.5. The summed E-state index contributed by atoms with van der Waals surface area (Å²) in [5, 5.41) is 39.5. The number of aliphatic hydroxyl groups excluding tert-OH is 3. The van der Waals surface area contributed by atoms with Gasteiger partial charge in [-0.3, -0.25) is 0 Å². The first-order chi connectivity index (χ1) is 14.0. The van der Waals surface area contributed by atoms with Crippen LogP contribution < -0.4 is 18.9 Å². The van der Waals surface area contributed by atoms with Gasteiger partial charge in [0.1, 0.15) is 6.10 Å². The molecule has 4 N–H and O–H groups in total. The van der Waals surface area contributed by atoms with Crippen molar-refractivity contribution in [3.05, 3.63) is 47.5 Å². The third-order valence-electron chi connectivity index (χ3n) is 4.26. The Kier molecular flexibility index (Phi) is 8.14. The Labute approximate surface area is 169 Å². The Morgan fingerprint density at radius 1 is 0.897 bits per heavy atom. The van der Waals surface area contributed by atoms with Gasteiger partial charge in [-0.05, 0) is 35.4 Å². The minimum absolute atomic E-state index is 0.0844. The Bertz CT molecular complexity index is 808. The van der Waals surface area contributed by atoms with E-state index < -0.39 is 18.8 Å². The number of benzene rings is 2. The van der Waals surface area contributed by atoms with Gasteiger partial charge in [-0.25, -0.2) is 0 Å². The monoisotopic (exact) mass is 406 g/mol. The average molecular weight is 406 g/mol. The molecular formula is C21H26O8. The van der Waals surface area contributed by atoms with E-state index in [1.807, 2.05) is 0 Å². The summed E-state index contributed by atoms with van der Waals surface area (Å²) in [7, 11) is 4.23.